The van der Waals surface area contributed by atoms with Gasteiger partial charge in [-0.2, -0.15) is 0 Å². The van der Waals surface area contributed by atoms with E-state index in [1.165, 1.54) is 0 Å². The van der Waals surface area contributed by atoms with Crippen molar-refractivity contribution >= 4 is 10.0 Å². The van der Waals surface area contributed by atoms with Crippen molar-refractivity contribution in [3.63, 3.8) is 0 Å². The maximum Gasteiger partial charge on any atom is 0.240 e. The van der Waals surface area contributed by atoms with Gasteiger partial charge in [0.25, 0.3) is 0 Å². The van der Waals surface area contributed by atoms with Crippen LogP contribution >= 0.6 is 0 Å². The van der Waals surface area contributed by atoms with Crippen LogP contribution in [-0.2, 0) is 14.8 Å². The van der Waals surface area contributed by atoms with Crippen LogP contribution in [0.3, 0.4) is 0 Å². The van der Waals surface area contributed by atoms with Gasteiger partial charge in [0.15, 0.2) is 0 Å². The van der Waals surface area contributed by atoms with E-state index in [0.717, 1.165) is 0 Å². The van der Waals surface area contributed by atoms with Gasteiger partial charge in [-0.1, -0.05) is 17.9 Å². The predicted molar refractivity (Wildman–Crippen MR) is 78.8 cm³/mol. The molecule has 0 bridgehead atoms. The fourth-order valence-electron chi connectivity index (χ4n) is 1.59. The quantitative estimate of drug-likeness (QED) is 0.595. The van der Waals surface area contributed by atoms with Gasteiger partial charge in [0.05, 0.1) is 18.0 Å². The summed E-state index contributed by atoms with van der Waals surface area (Å²) in [6.45, 7) is 5.00. The normalized spacial score (nSPS) is 10.9. The topological polar surface area (TPSA) is 81.4 Å². The summed E-state index contributed by atoms with van der Waals surface area (Å²) in [5, 5.41) is 0. The Morgan fingerprint density at radius 1 is 1.40 bits per heavy atom. The van der Waals surface area contributed by atoms with E-state index in [2.05, 4.69) is 16.6 Å². The Balaban J connectivity index is 2.93. The third-order valence-corrected chi connectivity index (χ3v) is 4.16. The molecule has 0 aliphatic carbocycles. The van der Waals surface area contributed by atoms with Crippen LogP contribution in [0.1, 0.15) is 18.1 Å². The molecule has 0 heterocycles. The Hall–Kier alpha value is -1.39. The van der Waals surface area contributed by atoms with Crippen LogP contribution in [0.5, 0.6) is 0 Å². The number of benzene rings is 1. The van der Waals surface area contributed by atoms with Gasteiger partial charge < -0.3 is 10.5 Å². The molecule has 0 fully saturated rings. The molecular weight excluding hydrogens is 276 g/mol. The Bertz CT molecular complexity index is 601. The lowest BCUT2D eigenvalue weighted by atomic mass is 10.1. The standard InChI is InChI=1S/C14H20N2O3S/c1-3-19-10-9-16-20(17,18)14-11-13(5-4-8-15)7-6-12(14)2/h6-7,11,16H,3,8-10,15H2,1-2H3. The van der Waals surface area contributed by atoms with Gasteiger partial charge in [-0.05, 0) is 31.5 Å². The Morgan fingerprint density at radius 2 is 2.15 bits per heavy atom. The number of nitrogens with two attached hydrogens (primary N) is 1. The molecule has 6 heteroatoms. The summed E-state index contributed by atoms with van der Waals surface area (Å²) in [6.07, 6.45) is 0. The zero-order chi connectivity index (χ0) is 15.0. The summed E-state index contributed by atoms with van der Waals surface area (Å²) in [5.74, 6) is 5.53. The highest BCUT2D eigenvalue weighted by atomic mass is 32.2. The summed E-state index contributed by atoms with van der Waals surface area (Å²) < 4.78 is 32.0. The first-order valence-electron chi connectivity index (χ1n) is 6.38. The van der Waals surface area contributed by atoms with E-state index >= 15 is 0 Å². The highest BCUT2D eigenvalue weighted by molar-refractivity contribution is 7.89. The summed E-state index contributed by atoms with van der Waals surface area (Å²) >= 11 is 0. The van der Waals surface area contributed by atoms with E-state index in [4.69, 9.17) is 10.5 Å². The molecule has 0 radical (unpaired) electrons. The second-order valence-corrected chi connectivity index (χ2v) is 5.82. The minimum Gasteiger partial charge on any atom is -0.380 e. The van der Waals surface area contributed by atoms with Crippen molar-refractivity contribution in [2.24, 2.45) is 5.73 Å². The molecule has 110 valence electrons. The summed E-state index contributed by atoms with van der Waals surface area (Å²) in [6, 6.07) is 5.07. The van der Waals surface area contributed by atoms with Crippen molar-refractivity contribution in [3.8, 4) is 11.8 Å². The first-order valence-corrected chi connectivity index (χ1v) is 7.86. The van der Waals surface area contributed by atoms with E-state index in [1.807, 2.05) is 6.92 Å². The molecule has 0 atom stereocenters. The van der Waals surface area contributed by atoms with Crippen LogP contribution in [-0.4, -0.2) is 34.7 Å². The molecule has 0 saturated heterocycles. The SMILES string of the molecule is CCOCCNS(=O)(=O)c1cc(C#CCN)ccc1C. The largest absolute Gasteiger partial charge is 0.380 e. The highest BCUT2D eigenvalue weighted by Gasteiger charge is 2.16. The minimum atomic E-state index is -3.55. The average Bonchev–Trinajstić information content (AvgIpc) is 2.42. The number of sulfonamides is 1. The monoisotopic (exact) mass is 296 g/mol. The van der Waals surface area contributed by atoms with Gasteiger partial charge in [-0.3, -0.25) is 0 Å². The fraction of sp³-hybridized carbons (Fsp3) is 0.429. The lowest BCUT2D eigenvalue weighted by molar-refractivity contribution is 0.153. The summed E-state index contributed by atoms with van der Waals surface area (Å²) in [5.41, 5.74) is 6.61. The molecule has 0 aliphatic rings. The van der Waals surface area contributed by atoms with Gasteiger partial charge in [-0.15, -0.1) is 0 Å². The molecule has 0 aliphatic heterocycles. The van der Waals surface area contributed by atoms with Crippen LogP contribution in [0.4, 0.5) is 0 Å². The maximum atomic E-state index is 12.2. The van der Waals surface area contributed by atoms with E-state index in [1.54, 1.807) is 25.1 Å². The molecule has 0 amide bonds. The zero-order valence-electron chi connectivity index (χ0n) is 11.8. The molecule has 0 saturated carbocycles. The molecule has 3 N–H and O–H groups in total. The lowest BCUT2D eigenvalue weighted by Crippen LogP contribution is -2.28. The molecule has 20 heavy (non-hydrogen) atoms. The first-order chi connectivity index (χ1) is 9.51. The van der Waals surface area contributed by atoms with E-state index in [9.17, 15) is 8.42 Å². The fourth-order valence-corrected chi connectivity index (χ4v) is 2.87. The highest BCUT2D eigenvalue weighted by Crippen LogP contribution is 2.16. The molecular formula is C14H20N2O3S. The van der Waals surface area contributed by atoms with Crippen LogP contribution in [0.2, 0.25) is 0 Å². The van der Waals surface area contributed by atoms with E-state index < -0.39 is 10.0 Å². The lowest BCUT2D eigenvalue weighted by Gasteiger charge is -2.09. The van der Waals surface area contributed by atoms with Crippen molar-refractivity contribution in [1.29, 1.82) is 0 Å². The number of rotatable bonds is 6. The van der Waals surface area contributed by atoms with Crippen molar-refractivity contribution in [2.45, 2.75) is 18.7 Å². The average molecular weight is 296 g/mol. The molecule has 1 aromatic carbocycles. The Kier molecular flexibility index (Phi) is 6.68. The number of aryl methyl sites for hydroxylation is 1. The number of nitrogens with one attached hydrogen (secondary N) is 1. The second kappa shape index (κ2) is 8.02. The molecule has 0 aromatic heterocycles. The van der Waals surface area contributed by atoms with Crippen LogP contribution in [0, 0.1) is 18.8 Å². The summed E-state index contributed by atoms with van der Waals surface area (Å²) in [7, 11) is -3.55. The van der Waals surface area contributed by atoms with Gasteiger partial charge in [0.2, 0.25) is 10.0 Å². The third-order valence-electron chi connectivity index (χ3n) is 2.56. The van der Waals surface area contributed by atoms with Crippen LogP contribution in [0.15, 0.2) is 23.1 Å². The van der Waals surface area contributed by atoms with Crippen LogP contribution < -0.4 is 10.5 Å². The third kappa shape index (κ3) is 4.94. The number of hydrogen-bond donors (Lipinski definition) is 2. The minimum absolute atomic E-state index is 0.234. The Morgan fingerprint density at radius 3 is 2.80 bits per heavy atom. The van der Waals surface area contributed by atoms with Gasteiger partial charge in [0, 0.05) is 18.7 Å². The number of ether oxygens (including phenoxy) is 1. The molecule has 5 nitrogen and oxygen atoms in total. The van der Waals surface area contributed by atoms with E-state index in [-0.39, 0.29) is 18.0 Å². The van der Waals surface area contributed by atoms with Crippen molar-refractivity contribution < 1.29 is 13.2 Å². The molecule has 1 rings (SSSR count). The smallest absolute Gasteiger partial charge is 0.240 e. The van der Waals surface area contributed by atoms with Crippen molar-refractivity contribution in [1.82, 2.24) is 4.72 Å². The van der Waals surface area contributed by atoms with Crippen molar-refractivity contribution in [2.75, 3.05) is 26.3 Å². The summed E-state index contributed by atoms with van der Waals surface area (Å²) in [4.78, 5) is 0.234. The maximum absolute atomic E-state index is 12.2. The first kappa shape index (κ1) is 16.7. The van der Waals surface area contributed by atoms with Crippen molar-refractivity contribution in [3.05, 3.63) is 29.3 Å². The van der Waals surface area contributed by atoms with Gasteiger partial charge >= 0.3 is 0 Å². The van der Waals surface area contributed by atoms with E-state index in [0.29, 0.717) is 24.3 Å². The second-order valence-electron chi connectivity index (χ2n) is 4.08. The molecule has 0 spiro atoms. The zero-order valence-corrected chi connectivity index (χ0v) is 12.6. The number of hydrogen-bond acceptors (Lipinski definition) is 4. The van der Waals surface area contributed by atoms with Crippen LogP contribution in [0.25, 0.3) is 0 Å². The Labute approximate surface area is 120 Å². The predicted octanol–water partition coefficient (Wildman–Crippen LogP) is 0.620. The van der Waals surface area contributed by atoms with Gasteiger partial charge in [0.1, 0.15) is 0 Å². The molecule has 1 aromatic rings. The van der Waals surface area contributed by atoms with Gasteiger partial charge in [-0.25, -0.2) is 13.1 Å². The molecule has 0 unspecified atom stereocenters.